The fourth-order valence-corrected chi connectivity index (χ4v) is 2.41. The molecule has 23 heavy (non-hydrogen) atoms. The average Bonchev–Trinajstić information content (AvgIpc) is 2.55. The van der Waals surface area contributed by atoms with Crippen molar-refractivity contribution in [2.24, 2.45) is 0 Å². The molecule has 0 amide bonds. The maximum atomic E-state index is 2.24. The highest BCUT2D eigenvalue weighted by molar-refractivity contribution is 5.81. The van der Waals surface area contributed by atoms with E-state index in [4.69, 9.17) is 0 Å². The lowest BCUT2D eigenvalue weighted by molar-refractivity contribution is 1.09. The van der Waals surface area contributed by atoms with Gasteiger partial charge < -0.3 is 0 Å². The van der Waals surface area contributed by atoms with Gasteiger partial charge in [-0.3, -0.25) is 0 Å². The summed E-state index contributed by atoms with van der Waals surface area (Å²) in [6, 6.07) is 23.4. The molecular formula is C23H30. The van der Waals surface area contributed by atoms with E-state index in [1.807, 2.05) is 0 Å². The maximum absolute atomic E-state index is 2.24. The van der Waals surface area contributed by atoms with E-state index < -0.39 is 0 Å². The van der Waals surface area contributed by atoms with Gasteiger partial charge in [-0.15, -0.1) is 0 Å². The number of hydrogen-bond donors (Lipinski definition) is 0. The van der Waals surface area contributed by atoms with Gasteiger partial charge in [0.15, 0.2) is 0 Å². The van der Waals surface area contributed by atoms with Crippen LogP contribution in [0.15, 0.2) is 66.7 Å². The minimum Gasteiger partial charge on any atom is -0.0656 e. The average molecular weight is 306 g/mol. The molecule has 3 aromatic carbocycles. The van der Waals surface area contributed by atoms with Crippen LogP contribution in [0, 0.1) is 13.8 Å². The van der Waals surface area contributed by atoms with E-state index in [9.17, 15) is 0 Å². The Morgan fingerprint density at radius 2 is 0.957 bits per heavy atom. The summed E-state index contributed by atoms with van der Waals surface area (Å²) >= 11 is 0. The summed E-state index contributed by atoms with van der Waals surface area (Å²) in [6.07, 6.45) is 2.39. The van der Waals surface area contributed by atoms with Gasteiger partial charge in [0.1, 0.15) is 0 Å². The van der Waals surface area contributed by atoms with Crippen LogP contribution < -0.4 is 0 Å². The summed E-state index contributed by atoms with van der Waals surface area (Å²) < 4.78 is 0. The Labute approximate surface area is 142 Å². The van der Waals surface area contributed by atoms with Gasteiger partial charge in [0.2, 0.25) is 0 Å². The molecule has 3 rings (SSSR count). The normalized spacial score (nSPS) is 9.43. The van der Waals surface area contributed by atoms with Crippen LogP contribution in [0.3, 0.4) is 0 Å². The van der Waals surface area contributed by atoms with Crippen molar-refractivity contribution in [3.8, 4) is 0 Å². The van der Waals surface area contributed by atoms with Crippen molar-refractivity contribution >= 4 is 10.8 Å². The highest BCUT2D eigenvalue weighted by atomic mass is 14.0. The lowest BCUT2D eigenvalue weighted by atomic mass is 10.1. The zero-order chi connectivity index (χ0) is 17.1. The van der Waals surface area contributed by atoms with Gasteiger partial charge in [0.25, 0.3) is 0 Å². The summed E-state index contributed by atoms with van der Waals surface area (Å²) in [5, 5.41) is 2.62. The number of rotatable bonds is 1. The molecule has 0 aliphatic carbocycles. The zero-order valence-corrected chi connectivity index (χ0v) is 15.3. The molecule has 0 bridgehead atoms. The van der Waals surface area contributed by atoms with Gasteiger partial charge in [-0.2, -0.15) is 0 Å². The molecule has 0 heterocycles. The first-order valence-electron chi connectivity index (χ1n) is 8.61. The third-order valence-corrected chi connectivity index (χ3v) is 3.35. The van der Waals surface area contributed by atoms with Crippen LogP contribution >= 0.6 is 0 Å². The van der Waals surface area contributed by atoms with E-state index >= 15 is 0 Å². The standard InChI is InChI=1S/C10H8.C10H14.C3H8/c1-2-6-10-8-4-3-7-9(10)5-1;1-4-10-6-8(2)5-9(3)7-10;1-3-2/h1-8H;5-7H,4H2,1-3H3;3H2,1-2H3. The van der Waals surface area contributed by atoms with Gasteiger partial charge in [0, 0.05) is 0 Å². The van der Waals surface area contributed by atoms with Crippen LogP contribution in [0.5, 0.6) is 0 Å². The van der Waals surface area contributed by atoms with Crippen molar-refractivity contribution in [2.75, 3.05) is 0 Å². The number of aryl methyl sites for hydroxylation is 3. The van der Waals surface area contributed by atoms with Crippen molar-refractivity contribution in [3.63, 3.8) is 0 Å². The fourth-order valence-electron chi connectivity index (χ4n) is 2.41. The number of hydrogen-bond acceptors (Lipinski definition) is 0. The molecule has 0 fully saturated rings. The van der Waals surface area contributed by atoms with E-state index in [0.29, 0.717) is 0 Å². The Morgan fingerprint density at radius 3 is 1.26 bits per heavy atom. The molecule has 0 saturated heterocycles. The molecule has 0 aromatic heterocycles. The number of fused-ring (bicyclic) bond motifs is 1. The predicted octanol–water partition coefficient (Wildman–Crippen LogP) is 7.12. The second kappa shape index (κ2) is 10.6. The smallest absolute Gasteiger partial charge is 0.0184 e. The summed E-state index contributed by atoms with van der Waals surface area (Å²) in [5.41, 5.74) is 4.19. The topological polar surface area (TPSA) is 0 Å². The Bertz CT molecular complexity index is 609. The van der Waals surface area contributed by atoms with E-state index in [1.54, 1.807) is 0 Å². The first-order chi connectivity index (χ1) is 11.1. The van der Waals surface area contributed by atoms with Crippen LogP contribution in [0.2, 0.25) is 0 Å². The molecule has 0 unspecified atom stereocenters. The van der Waals surface area contributed by atoms with Crippen molar-refractivity contribution in [2.45, 2.75) is 47.5 Å². The first kappa shape index (κ1) is 19.0. The van der Waals surface area contributed by atoms with Crippen molar-refractivity contribution < 1.29 is 0 Å². The molecule has 122 valence electrons. The predicted molar refractivity (Wildman–Crippen MR) is 105 cm³/mol. The second-order valence-corrected chi connectivity index (χ2v) is 5.90. The van der Waals surface area contributed by atoms with Crippen LogP contribution in [0.25, 0.3) is 10.8 Å². The van der Waals surface area contributed by atoms with Crippen molar-refractivity contribution in [1.82, 2.24) is 0 Å². The van der Waals surface area contributed by atoms with Gasteiger partial charge in [-0.25, -0.2) is 0 Å². The quantitative estimate of drug-likeness (QED) is 0.449. The molecule has 0 aliphatic rings. The van der Waals surface area contributed by atoms with Gasteiger partial charge >= 0.3 is 0 Å². The van der Waals surface area contributed by atoms with Crippen LogP contribution in [-0.4, -0.2) is 0 Å². The fraction of sp³-hybridized carbons (Fsp3) is 0.304. The molecule has 0 atom stereocenters. The van der Waals surface area contributed by atoms with E-state index in [-0.39, 0.29) is 0 Å². The monoisotopic (exact) mass is 306 g/mol. The Kier molecular flexibility index (Phi) is 8.75. The summed E-state index contributed by atoms with van der Waals surface area (Å²) in [7, 11) is 0. The van der Waals surface area contributed by atoms with Crippen LogP contribution in [-0.2, 0) is 6.42 Å². The Balaban J connectivity index is 0.000000197. The molecule has 0 saturated carbocycles. The lowest BCUT2D eigenvalue weighted by Gasteiger charge is -2.00. The SMILES string of the molecule is CCC.CCc1cc(C)cc(C)c1.c1ccc2ccccc2c1. The van der Waals surface area contributed by atoms with Crippen molar-refractivity contribution in [3.05, 3.63) is 83.4 Å². The Hall–Kier alpha value is -2.08. The Morgan fingerprint density at radius 1 is 0.609 bits per heavy atom. The third kappa shape index (κ3) is 7.15. The first-order valence-corrected chi connectivity index (χ1v) is 8.61. The minimum absolute atomic E-state index is 1.14. The second-order valence-electron chi connectivity index (χ2n) is 5.90. The molecule has 0 nitrogen and oxygen atoms in total. The van der Waals surface area contributed by atoms with E-state index in [2.05, 4.69) is 101 Å². The lowest BCUT2D eigenvalue weighted by Crippen LogP contribution is -1.83. The van der Waals surface area contributed by atoms with Gasteiger partial charge in [0.05, 0.1) is 0 Å². The third-order valence-electron chi connectivity index (χ3n) is 3.35. The molecular weight excluding hydrogens is 276 g/mol. The molecule has 0 radical (unpaired) electrons. The van der Waals surface area contributed by atoms with Crippen LogP contribution in [0.4, 0.5) is 0 Å². The minimum atomic E-state index is 1.14. The molecule has 3 aromatic rings. The van der Waals surface area contributed by atoms with Gasteiger partial charge in [-0.1, -0.05) is 105 Å². The van der Waals surface area contributed by atoms with E-state index in [1.165, 1.54) is 33.9 Å². The zero-order valence-electron chi connectivity index (χ0n) is 15.3. The van der Waals surface area contributed by atoms with E-state index in [0.717, 1.165) is 6.42 Å². The molecule has 0 heteroatoms. The largest absolute Gasteiger partial charge is 0.0656 e. The molecule has 0 aliphatic heterocycles. The summed E-state index contributed by atoms with van der Waals surface area (Å²) in [4.78, 5) is 0. The highest BCUT2D eigenvalue weighted by Gasteiger charge is 1.91. The van der Waals surface area contributed by atoms with Gasteiger partial charge in [-0.05, 0) is 36.6 Å². The molecule has 0 spiro atoms. The van der Waals surface area contributed by atoms with Crippen LogP contribution in [0.1, 0.15) is 43.9 Å². The highest BCUT2D eigenvalue weighted by Crippen LogP contribution is 2.11. The maximum Gasteiger partial charge on any atom is -0.0184 e. The summed E-state index contributed by atoms with van der Waals surface area (Å²) in [6.45, 7) is 10.7. The molecule has 0 N–H and O–H groups in total. The number of benzene rings is 3. The summed E-state index contributed by atoms with van der Waals surface area (Å²) in [5.74, 6) is 0. The van der Waals surface area contributed by atoms with Crippen molar-refractivity contribution in [1.29, 1.82) is 0 Å².